The smallest absolute Gasteiger partial charge is 0.230 e. The van der Waals surface area contributed by atoms with Crippen molar-refractivity contribution in [3.05, 3.63) is 81.4 Å². The topological polar surface area (TPSA) is 53.7 Å². The summed E-state index contributed by atoms with van der Waals surface area (Å²) in [6, 6.07) is 18.6. The quantitative estimate of drug-likeness (QED) is 0.434. The number of aromatic hydroxyl groups is 1. The predicted molar refractivity (Wildman–Crippen MR) is 125 cm³/mol. The van der Waals surface area contributed by atoms with Gasteiger partial charge in [-0.1, -0.05) is 65.4 Å². The van der Waals surface area contributed by atoms with Crippen LogP contribution in [0.5, 0.6) is 5.88 Å². The molecule has 2 aromatic heterocycles. The van der Waals surface area contributed by atoms with Crippen LogP contribution in [-0.2, 0) is 6.42 Å². The van der Waals surface area contributed by atoms with E-state index in [9.17, 15) is 5.11 Å². The molecule has 0 amide bonds. The normalized spacial score (nSPS) is 16.7. The number of aromatic nitrogens is 3. The molecule has 0 spiro atoms. The van der Waals surface area contributed by atoms with Gasteiger partial charge in [0.25, 0.3) is 0 Å². The first-order chi connectivity index (χ1) is 15.1. The van der Waals surface area contributed by atoms with E-state index < -0.39 is 0 Å². The molecule has 3 heterocycles. The number of hydrogen-bond donors (Lipinski definition) is 1. The number of likely N-dealkylation sites (tertiary alicyclic amines) is 1. The molecule has 1 aliphatic heterocycles. The van der Waals surface area contributed by atoms with Crippen molar-refractivity contribution in [3.8, 4) is 5.88 Å². The van der Waals surface area contributed by atoms with E-state index in [0.29, 0.717) is 16.8 Å². The Morgan fingerprint density at radius 2 is 1.90 bits per heavy atom. The maximum Gasteiger partial charge on any atom is 0.230 e. The van der Waals surface area contributed by atoms with Gasteiger partial charge < -0.3 is 5.11 Å². The van der Waals surface area contributed by atoms with Gasteiger partial charge in [0.05, 0.1) is 10.9 Å². The molecular formula is C24H25ClN4OS. The van der Waals surface area contributed by atoms with Crippen molar-refractivity contribution in [1.82, 2.24) is 19.5 Å². The van der Waals surface area contributed by atoms with Gasteiger partial charge in [-0.3, -0.25) is 4.90 Å². The predicted octanol–water partition coefficient (Wildman–Crippen LogP) is 5.50. The van der Waals surface area contributed by atoms with Crippen LogP contribution >= 0.6 is 22.9 Å². The second kappa shape index (κ2) is 8.61. The Bertz CT molecular complexity index is 1180. The number of piperidine rings is 1. The number of fused-ring (bicyclic) bond motifs is 1. The van der Waals surface area contributed by atoms with Crippen LogP contribution in [0, 0.1) is 12.8 Å². The lowest BCUT2D eigenvalue weighted by molar-refractivity contribution is 0.150. The molecule has 0 aliphatic carbocycles. The minimum Gasteiger partial charge on any atom is -0.492 e. The molecule has 1 N–H and O–H groups in total. The molecule has 5 rings (SSSR count). The second-order valence-corrected chi connectivity index (χ2v) is 9.72. The molecular weight excluding hydrogens is 428 g/mol. The average molecular weight is 453 g/mol. The number of hydrogen-bond acceptors (Lipinski definition) is 5. The molecule has 1 saturated heterocycles. The van der Waals surface area contributed by atoms with Gasteiger partial charge >= 0.3 is 0 Å². The van der Waals surface area contributed by atoms with Gasteiger partial charge in [-0.05, 0) is 68.5 Å². The van der Waals surface area contributed by atoms with Gasteiger partial charge in [0.15, 0.2) is 0 Å². The third-order valence-corrected chi connectivity index (χ3v) is 7.41. The number of aryl methyl sites for hydroxylation is 1. The molecule has 0 saturated carbocycles. The first kappa shape index (κ1) is 20.5. The summed E-state index contributed by atoms with van der Waals surface area (Å²) >= 11 is 7.84. The Hall–Kier alpha value is -2.41. The highest BCUT2D eigenvalue weighted by Gasteiger charge is 2.32. The summed E-state index contributed by atoms with van der Waals surface area (Å²) in [6.07, 6.45) is 3.39. The van der Waals surface area contributed by atoms with Crippen LogP contribution in [0.25, 0.3) is 4.96 Å². The number of nitrogens with zero attached hydrogens (tertiary/aromatic N) is 4. The van der Waals surface area contributed by atoms with E-state index in [0.717, 1.165) is 47.8 Å². The van der Waals surface area contributed by atoms with E-state index in [1.807, 2.05) is 25.1 Å². The highest BCUT2D eigenvalue weighted by molar-refractivity contribution is 7.17. The Morgan fingerprint density at radius 1 is 1.13 bits per heavy atom. The molecule has 0 bridgehead atoms. The van der Waals surface area contributed by atoms with E-state index in [2.05, 4.69) is 51.4 Å². The van der Waals surface area contributed by atoms with Crippen molar-refractivity contribution in [2.24, 2.45) is 5.92 Å². The third kappa shape index (κ3) is 4.20. The van der Waals surface area contributed by atoms with Gasteiger partial charge in [-0.15, -0.1) is 5.10 Å². The number of thiazole rings is 1. The van der Waals surface area contributed by atoms with Gasteiger partial charge in [0, 0.05) is 5.02 Å². The van der Waals surface area contributed by atoms with Crippen LogP contribution in [0.15, 0.2) is 54.6 Å². The van der Waals surface area contributed by atoms with E-state index in [-0.39, 0.29) is 11.9 Å². The Kier molecular flexibility index (Phi) is 5.69. The summed E-state index contributed by atoms with van der Waals surface area (Å²) in [5.41, 5.74) is 2.50. The van der Waals surface area contributed by atoms with Crippen molar-refractivity contribution in [2.75, 3.05) is 13.1 Å². The number of rotatable bonds is 5. The molecule has 0 radical (unpaired) electrons. The van der Waals surface area contributed by atoms with E-state index in [1.54, 1.807) is 4.52 Å². The van der Waals surface area contributed by atoms with Crippen molar-refractivity contribution in [2.45, 2.75) is 32.2 Å². The zero-order chi connectivity index (χ0) is 21.4. The number of benzene rings is 2. The zero-order valence-electron chi connectivity index (χ0n) is 17.4. The minimum atomic E-state index is -0.0646. The molecule has 31 heavy (non-hydrogen) atoms. The van der Waals surface area contributed by atoms with Gasteiger partial charge in [-0.2, -0.15) is 4.52 Å². The molecule has 1 unspecified atom stereocenters. The maximum absolute atomic E-state index is 11.0. The fraction of sp³-hybridized carbons (Fsp3) is 0.333. The lowest BCUT2D eigenvalue weighted by Gasteiger charge is -2.37. The molecule has 1 fully saturated rings. The monoisotopic (exact) mass is 452 g/mol. The Morgan fingerprint density at radius 3 is 2.61 bits per heavy atom. The third-order valence-electron chi connectivity index (χ3n) is 6.10. The summed E-state index contributed by atoms with van der Waals surface area (Å²) in [4.78, 5) is 8.51. The molecule has 5 nitrogen and oxygen atoms in total. The summed E-state index contributed by atoms with van der Waals surface area (Å²) in [7, 11) is 0. The van der Waals surface area contributed by atoms with E-state index in [1.165, 1.54) is 16.9 Å². The number of halogens is 1. The minimum absolute atomic E-state index is 0.0646. The SMILES string of the molecule is Cc1nc2sc(C(c3cccc(Cl)c3)N3CCC(Cc4ccccc4)CC3)c(O)n2n1. The van der Waals surface area contributed by atoms with Crippen LogP contribution in [0.4, 0.5) is 0 Å². The lowest BCUT2D eigenvalue weighted by atomic mass is 9.89. The van der Waals surface area contributed by atoms with Crippen LogP contribution in [0.2, 0.25) is 5.02 Å². The Balaban J connectivity index is 1.43. The molecule has 1 aliphatic rings. The first-order valence-corrected chi connectivity index (χ1v) is 11.9. The molecule has 7 heteroatoms. The van der Waals surface area contributed by atoms with Crippen molar-refractivity contribution < 1.29 is 5.11 Å². The highest BCUT2D eigenvalue weighted by atomic mass is 35.5. The van der Waals surface area contributed by atoms with Gasteiger partial charge in [0.2, 0.25) is 10.8 Å². The lowest BCUT2D eigenvalue weighted by Crippen LogP contribution is -2.37. The maximum atomic E-state index is 11.0. The molecule has 4 aromatic rings. The largest absolute Gasteiger partial charge is 0.492 e. The highest BCUT2D eigenvalue weighted by Crippen LogP contribution is 2.42. The van der Waals surface area contributed by atoms with Gasteiger partial charge in [0.1, 0.15) is 5.82 Å². The second-order valence-electron chi connectivity index (χ2n) is 8.27. The van der Waals surface area contributed by atoms with Crippen LogP contribution in [0.1, 0.15) is 40.7 Å². The van der Waals surface area contributed by atoms with Crippen LogP contribution < -0.4 is 0 Å². The molecule has 1 atom stereocenters. The zero-order valence-corrected chi connectivity index (χ0v) is 19.0. The fourth-order valence-electron chi connectivity index (χ4n) is 4.59. The van der Waals surface area contributed by atoms with Gasteiger partial charge in [-0.25, -0.2) is 4.98 Å². The standard InChI is InChI=1S/C24H25ClN4OS/c1-16-26-24-29(27-16)23(30)22(31-24)21(19-8-5-9-20(25)15-19)28-12-10-18(11-13-28)14-17-6-3-2-4-7-17/h2-9,15,18,21,30H,10-14H2,1H3. The average Bonchev–Trinajstić information content (AvgIpc) is 3.27. The summed E-state index contributed by atoms with van der Waals surface area (Å²) in [5, 5.41) is 16.0. The van der Waals surface area contributed by atoms with Crippen molar-refractivity contribution >= 4 is 27.9 Å². The van der Waals surface area contributed by atoms with Crippen LogP contribution in [-0.4, -0.2) is 37.7 Å². The molecule has 160 valence electrons. The first-order valence-electron chi connectivity index (χ1n) is 10.7. The summed E-state index contributed by atoms with van der Waals surface area (Å²) in [5.74, 6) is 1.52. The Labute approximate surface area is 190 Å². The summed E-state index contributed by atoms with van der Waals surface area (Å²) < 4.78 is 1.55. The fourth-order valence-corrected chi connectivity index (χ4v) is 5.95. The van der Waals surface area contributed by atoms with Crippen molar-refractivity contribution in [1.29, 1.82) is 0 Å². The van der Waals surface area contributed by atoms with E-state index in [4.69, 9.17) is 11.6 Å². The van der Waals surface area contributed by atoms with E-state index >= 15 is 0 Å². The van der Waals surface area contributed by atoms with Crippen LogP contribution in [0.3, 0.4) is 0 Å². The van der Waals surface area contributed by atoms with Crippen molar-refractivity contribution in [3.63, 3.8) is 0 Å². The summed E-state index contributed by atoms with van der Waals surface area (Å²) in [6.45, 7) is 3.78. The molecule has 2 aromatic carbocycles.